The van der Waals surface area contributed by atoms with Crippen molar-refractivity contribution in [3.05, 3.63) is 6.92 Å². The van der Waals surface area contributed by atoms with Crippen LogP contribution in [0.4, 0.5) is 0 Å². The van der Waals surface area contributed by atoms with E-state index in [4.69, 9.17) is 0 Å². The minimum Gasteiger partial charge on any atom is -0.331 e. The van der Waals surface area contributed by atoms with E-state index in [1.165, 1.54) is 0 Å². The summed E-state index contributed by atoms with van der Waals surface area (Å²) in [5, 5.41) is 0. The zero-order valence-corrected chi connectivity index (χ0v) is 11.9. The van der Waals surface area contributed by atoms with Gasteiger partial charge in [-0.2, -0.15) is 6.92 Å². The summed E-state index contributed by atoms with van der Waals surface area (Å²) < 4.78 is 0. The summed E-state index contributed by atoms with van der Waals surface area (Å²) in [7, 11) is -1.45. The van der Waals surface area contributed by atoms with Crippen molar-refractivity contribution in [3.63, 3.8) is 0 Å². The second-order valence-corrected chi connectivity index (χ2v) is 10.3. The van der Waals surface area contributed by atoms with Gasteiger partial charge in [0.1, 0.15) is 0 Å². The van der Waals surface area contributed by atoms with Crippen molar-refractivity contribution in [2.24, 2.45) is 0 Å². The SMILES string of the molecule is [CH2-]C#C[Si](C(C)C)(C(C)C)C(C)C.[Li+]. The van der Waals surface area contributed by atoms with Gasteiger partial charge in [0, 0.05) is 8.07 Å². The van der Waals surface area contributed by atoms with Gasteiger partial charge in [-0.05, 0) is 0 Å². The molecule has 0 aliphatic heterocycles. The quantitative estimate of drug-likeness (QED) is 0.364. The van der Waals surface area contributed by atoms with E-state index < -0.39 is 8.07 Å². The summed E-state index contributed by atoms with van der Waals surface area (Å²) in [5.74, 6) is 2.91. The Balaban J connectivity index is 0. The smallest absolute Gasteiger partial charge is 0.331 e. The molecule has 0 aromatic rings. The normalized spacial score (nSPS) is 11.2. The Bertz CT molecular complexity index is 186. The first-order valence-electron chi connectivity index (χ1n) is 5.18. The van der Waals surface area contributed by atoms with E-state index in [1.54, 1.807) is 0 Å². The van der Waals surface area contributed by atoms with Crippen LogP contribution < -0.4 is 18.9 Å². The molecule has 0 aromatic carbocycles. The molecular formula is C12H23LiSi. The van der Waals surface area contributed by atoms with Gasteiger partial charge in [0.25, 0.3) is 0 Å². The largest absolute Gasteiger partial charge is 1.00 e. The van der Waals surface area contributed by atoms with Crippen molar-refractivity contribution in [2.45, 2.75) is 58.2 Å². The van der Waals surface area contributed by atoms with Crippen LogP contribution in [-0.4, -0.2) is 8.07 Å². The van der Waals surface area contributed by atoms with Crippen LogP contribution in [0.3, 0.4) is 0 Å². The number of hydrogen-bond acceptors (Lipinski definition) is 0. The van der Waals surface area contributed by atoms with Crippen LogP contribution in [0.25, 0.3) is 0 Å². The van der Waals surface area contributed by atoms with Crippen molar-refractivity contribution in [2.75, 3.05) is 0 Å². The van der Waals surface area contributed by atoms with Crippen molar-refractivity contribution in [3.8, 4) is 11.5 Å². The number of hydrogen-bond donors (Lipinski definition) is 0. The van der Waals surface area contributed by atoms with E-state index in [1.807, 2.05) is 0 Å². The first-order valence-corrected chi connectivity index (χ1v) is 7.42. The maximum Gasteiger partial charge on any atom is 1.00 e. The molecule has 0 unspecified atom stereocenters. The van der Waals surface area contributed by atoms with E-state index in [-0.39, 0.29) is 18.9 Å². The summed E-state index contributed by atoms with van der Waals surface area (Å²) in [6, 6.07) is 0. The van der Waals surface area contributed by atoms with Gasteiger partial charge in [-0.3, -0.25) is 5.92 Å². The Morgan fingerprint density at radius 2 is 1.14 bits per heavy atom. The van der Waals surface area contributed by atoms with Gasteiger partial charge in [0.15, 0.2) is 0 Å². The molecule has 0 nitrogen and oxygen atoms in total. The minimum atomic E-state index is -1.45. The molecule has 0 bridgehead atoms. The fourth-order valence-corrected chi connectivity index (χ4v) is 7.76. The first kappa shape index (κ1) is 16.7. The molecule has 0 heterocycles. The van der Waals surface area contributed by atoms with Crippen molar-refractivity contribution >= 4 is 8.07 Å². The average Bonchev–Trinajstić information content (AvgIpc) is 1.97. The van der Waals surface area contributed by atoms with Crippen LogP contribution in [0.2, 0.25) is 16.6 Å². The Morgan fingerprint density at radius 3 is 1.21 bits per heavy atom. The van der Waals surface area contributed by atoms with Gasteiger partial charge < -0.3 is 5.54 Å². The molecule has 0 radical (unpaired) electrons. The van der Waals surface area contributed by atoms with Gasteiger partial charge in [-0.1, -0.05) is 58.2 Å². The van der Waals surface area contributed by atoms with Crippen LogP contribution in [0.15, 0.2) is 0 Å². The molecular weight excluding hydrogens is 179 g/mol. The third kappa shape index (κ3) is 3.13. The Kier molecular flexibility index (Phi) is 7.95. The summed E-state index contributed by atoms with van der Waals surface area (Å²) >= 11 is 0. The van der Waals surface area contributed by atoms with E-state index >= 15 is 0 Å². The van der Waals surface area contributed by atoms with Crippen LogP contribution >= 0.6 is 0 Å². The summed E-state index contributed by atoms with van der Waals surface area (Å²) in [5.41, 5.74) is 5.64. The second-order valence-electron chi connectivity index (χ2n) is 4.70. The Labute approximate surface area is 103 Å². The zero-order chi connectivity index (χ0) is 10.6. The van der Waals surface area contributed by atoms with E-state index in [0.29, 0.717) is 0 Å². The molecule has 0 saturated carbocycles. The van der Waals surface area contributed by atoms with Gasteiger partial charge in [-0.25, -0.2) is 0 Å². The molecule has 0 aromatic heterocycles. The predicted octanol–water partition coefficient (Wildman–Crippen LogP) is 1.05. The molecule has 0 amide bonds. The second kappa shape index (κ2) is 6.68. The van der Waals surface area contributed by atoms with Crippen LogP contribution in [0.5, 0.6) is 0 Å². The fourth-order valence-electron chi connectivity index (χ4n) is 2.59. The van der Waals surface area contributed by atoms with E-state index in [2.05, 4.69) is 59.9 Å². The number of rotatable bonds is 3. The zero-order valence-electron chi connectivity index (χ0n) is 10.9. The van der Waals surface area contributed by atoms with Gasteiger partial charge in [0.2, 0.25) is 0 Å². The van der Waals surface area contributed by atoms with Gasteiger partial charge >= 0.3 is 18.9 Å². The molecule has 0 rings (SSSR count). The van der Waals surface area contributed by atoms with E-state index in [9.17, 15) is 0 Å². The summed E-state index contributed by atoms with van der Waals surface area (Å²) in [4.78, 5) is 0. The molecule has 0 aliphatic rings. The monoisotopic (exact) mass is 202 g/mol. The molecule has 0 saturated heterocycles. The molecule has 14 heavy (non-hydrogen) atoms. The molecule has 0 fully saturated rings. The Hall–Kier alpha value is 0.244. The molecule has 0 atom stereocenters. The summed E-state index contributed by atoms with van der Waals surface area (Å²) in [6.45, 7) is 17.6. The maximum absolute atomic E-state index is 3.69. The Morgan fingerprint density at radius 1 is 0.857 bits per heavy atom. The standard InChI is InChI=1S/C12H23Si.Li/c1-8-9-13(10(2)3,11(4)5)12(6)7;/h10-12H,1H2,2-7H3;/q-1;+1. The van der Waals surface area contributed by atoms with Crippen LogP contribution in [0.1, 0.15) is 41.5 Å². The minimum absolute atomic E-state index is 0. The van der Waals surface area contributed by atoms with Crippen molar-refractivity contribution in [1.82, 2.24) is 0 Å². The molecule has 0 aliphatic carbocycles. The first-order chi connectivity index (χ1) is 5.89. The van der Waals surface area contributed by atoms with Crippen LogP contribution in [-0.2, 0) is 0 Å². The third-order valence-electron chi connectivity index (χ3n) is 3.17. The predicted molar refractivity (Wildman–Crippen MR) is 64.2 cm³/mol. The van der Waals surface area contributed by atoms with Crippen molar-refractivity contribution < 1.29 is 18.9 Å². The van der Waals surface area contributed by atoms with Gasteiger partial charge in [0.05, 0.1) is 0 Å². The van der Waals surface area contributed by atoms with Crippen LogP contribution in [0, 0.1) is 18.4 Å². The molecule has 76 valence electrons. The molecule has 2 heteroatoms. The van der Waals surface area contributed by atoms with E-state index in [0.717, 1.165) is 16.6 Å². The molecule has 0 spiro atoms. The summed E-state index contributed by atoms with van der Waals surface area (Å²) in [6.07, 6.45) is 0. The fraction of sp³-hybridized carbons (Fsp3) is 0.750. The molecule has 0 N–H and O–H groups in total. The average molecular weight is 202 g/mol. The topological polar surface area (TPSA) is 0 Å². The van der Waals surface area contributed by atoms with Crippen molar-refractivity contribution in [1.29, 1.82) is 0 Å². The van der Waals surface area contributed by atoms with Gasteiger partial charge in [-0.15, -0.1) is 0 Å². The third-order valence-corrected chi connectivity index (χ3v) is 9.51. The maximum atomic E-state index is 3.69.